The van der Waals surface area contributed by atoms with Gasteiger partial charge in [0.2, 0.25) is 0 Å². The highest BCUT2D eigenvalue weighted by Crippen LogP contribution is 2.13. The lowest BCUT2D eigenvalue weighted by Crippen LogP contribution is -2.52. The first-order valence-corrected chi connectivity index (χ1v) is 5.76. The molecule has 0 saturated carbocycles. The number of nitrogens with zero attached hydrogens (tertiary/aromatic N) is 1. The van der Waals surface area contributed by atoms with Crippen molar-refractivity contribution in [1.29, 1.82) is 0 Å². The van der Waals surface area contributed by atoms with E-state index in [1.54, 1.807) is 0 Å². The van der Waals surface area contributed by atoms with E-state index in [1.165, 1.54) is 0 Å². The van der Waals surface area contributed by atoms with Crippen molar-refractivity contribution in [2.24, 2.45) is 5.73 Å². The maximum Gasteiger partial charge on any atom is 0.0853 e. The number of nitrogens with two attached hydrogens (primary N) is 1. The van der Waals surface area contributed by atoms with Crippen LogP contribution in [0, 0.1) is 0 Å². The van der Waals surface area contributed by atoms with Gasteiger partial charge in [-0.15, -0.1) is 0 Å². The molecule has 84 valence electrons. The molecule has 1 aliphatic heterocycles. The number of ether oxygens (including phenoxy) is 1. The molecular weight excluding hydrogens is 176 g/mol. The van der Waals surface area contributed by atoms with Crippen molar-refractivity contribution in [3.8, 4) is 0 Å². The first-order valence-electron chi connectivity index (χ1n) is 5.76. The third-order valence-electron chi connectivity index (χ3n) is 2.95. The van der Waals surface area contributed by atoms with E-state index in [-0.39, 0.29) is 12.1 Å². The Balaban J connectivity index is 2.39. The van der Waals surface area contributed by atoms with Gasteiger partial charge in [-0.3, -0.25) is 4.90 Å². The van der Waals surface area contributed by atoms with Crippen LogP contribution in [-0.2, 0) is 4.74 Å². The fraction of sp³-hybridized carbons (Fsp3) is 1.00. The zero-order chi connectivity index (χ0) is 10.6. The average Bonchev–Trinajstić information content (AvgIpc) is 2.18. The van der Waals surface area contributed by atoms with Crippen molar-refractivity contribution >= 4 is 0 Å². The van der Waals surface area contributed by atoms with Crippen LogP contribution in [0.2, 0.25) is 0 Å². The Kier molecular flexibility index (Phi) is 4.85. The normalized spacial score (nSPS) is 26.8. The quantitative estimate of drug-likeness (QED) is 0.741. The van der Waals surface area contributed by atoms with Gasteiger partial charge < -0.3 is 10.5 Å². The van der Waals surface area contributed by atoms with Gasteiger partial charge in [0, 0.05) is 25.2 Å². The van der Waals surface area contributed by atoms with E-state index in [0.717, 1.165) is 32.5 Å². The van der Waals surface area contributed by atoms with Crippen LogP contribution in [0.15, 0.2) is 0 Å². The molecule has 1 rings (SSSR count). The van der Waals surface area contributed by atoms with Crippen LogP contribution in [0.1, 0.15) is 33.6 Å². The van der Waals surface area contributed by atoms with Crippen molar-refractivity contribution in [2.45, 2.75) is 51.8 Å². The predicted molar refractivity (Wildman–Crippen MR) is 59.3 cm³/mol. The van der Waals surface area contributed by atoms with E-state index < -0.39 is 0 Å². The fourth-order valence-electron chi connectivity index (χ4n) is 1.94. The minimum absolute atomic E-state index is 0.210. The maximum absolute atomic E-state index is 6.07. The molecule has 0 aromatic carbocycles. The molecule has 1 saturated heterocycles. The predicted octanol–water partition coefficient (Wildman–Crippen LogP) is 1.22. The third kappa shape index (κ3) is 3.23. The summed E-state index contributed by atoms with van der Waals surface area (Å²) in [5, 5.41) is 0. The summed E-state index contributed by atoms with van der Waals surface area (Å²) in [6.07, 6.45) is 2.45. The monoisotopic (exact) mass is 200 g/mol. The summed E-state index contributed by atoms with van der Waals surface area (Å²) in [6.45, 7) is 9.51. The molecule has 2 N–H and O–H groups in total. The van der Waals surface area contributed by atoms with E-state index in [2.05, 4.69) is 25.7 Å². The molecule has 3 nitrogen and oxygen atoms in total. The van der Waals surface area contributed by atoms with Gasteiger partial charge in [-0.25, -0.2) is 0 Å². The summed E-state index contributed by atoms with van der Waals surface area (Å²) < 4.78 is 5.71. The summed E-state index contributed by atoms with van der Waals surface area (Å²) in [4.78, 5) is 2.45. The van der Waals surface area contributed by atoms with E-state index in [4.69, 9.17) is 10.5 Å². The number of hydrogen-bond donors (Lipinski definition) is 1. The lowest BCUT2D eigenvalue weighted by molar-refractivity contribution is -0.0507. The van der Waals surface area contributed by atoms with Gasteiger partial charge in [-0.05, 0) is 20.3 Å². The number of rotatable bonds is 4. The summed E-state index contributed by atoms with van der Waals surface area (Å²) in [6, 6.07) is 0.816. The Morgan fingerprint density at radius 2 is 2.21 bits per heavy atom. The molecule has 2 atom stereocenters. The molecule has 1 fully saturated rings. The van der Waals surface area contributed by atoms with Crippen molar-refractivity contribution < 1.29 is 4.74 Å². The maximum atomic E-state index is 6.07. The van der Waals surface area contributed by atoms with E-state index in [9.17, 15) is 0 Å². The zero-order valence-electron chi connectivity index (χ0n) is 9.70. The lowest BCUT2D eigenvalue weighted by atomic mass is 10.0. The van der Waals surface area contributed by atoms with Gasteiger partial charge in [0.1, 0.15) is 0 Å². The molecule has 0 amide bonds. The minimum atomic E-state index is 0.210. The molecule has 0 radical (unpaired) electrons. The minimum Gasteiger partial charge on any atom is -0.374 e. The Bertz CT molecular complexity index is 161. The Morgan fingerprint density at radius 1 is 1.50 bits per heavy atom. The van der Waals surface area contributed by atoms with Crippen LogP contribution in [0.3, 0.4) is 0 Å². The van der Waals surface area contributed by atoms with Gasteiger partial charge in [0.05, 0.1) is 12.7 Å². The molecule has 0 spiro atoms. The Morgan fingerprint density at radius 3 is 2.79 bits per heavy atom. The van der Waals surface area contributed by atoms with E-state index in [1.807, 2.05) is 0 Å². The number of morpholine rings is 1. The molecule has 0 aromatic heterocycles. The highest BCUT2D eigenvalue weighted by atomic mass is 16.5. The molecule has 0 aliphatic carbocycles. The summed E-state index contributed by atoms with van der Waals surface area (Å²) >= 11 is 0. The second-order valence-electron chi connectivity index (χ2n) is 4.45. The zero-order valence-corrected chi connectivity index (χ0v) is 9.70. The molecule has 14 heavy (non-hydrogen) atoms. The molecule has 3 heteroatoms. The SMILES string of the molecule is CCC[C@H](N)C1CN(C(C)C)CCO1. The third-order valence-corrected chi connectivity index (χ3v) is 2.95. The number of hydrogen-bond acceptors (Lipinski definition) is 3. The van der Waals surface area contributed by atoms with Gasteiger partial charge in [0.15, 0.2) is 0 Å². The topological polar surface area (TPSA) is 38.5 Å². The second kappa shape index (κ2) is 5.69. The first kappa shape index (κ1) is 12.0. The molecular formula is C11H24N2O. The van der Waals surface area contributed by atoms with Gasteiger partial charge >= 0.3 is 0 Å². The fourth-order valence-corrected chi connectivity index (χ4v) is 1.94. The van der Waals surface area contributed by atoms with Crippen LogP contribution in [0.5, 0.6) is 0 Å². The average molecular weight is 200 g/mol. The second-order valence-corrected chi connectivity index (χ2v) is 4.45. The molecule has 1 heterocycles. The van der Waals surface area contributed by atoms with Crippen LogP contribution in [0.4, 0.5) is 0 Å². The molecule has 1 aliphatic rings. The van der Waals surface area contributed by atoms with Crippen molar-refractivity contribution in [2.75, 3.05) is 19.7 Å². The van der Waals surface area contributed by atoms with E-state index >= 15 is 0 Å². The highest BCUT2D eigenvalue weighted by molar-refractivity contribution is 4.81. The van der Waals surface area contributed by atoms with Crippen molar-refractivity contribution in [3.63, 3.8) is 0 Å². The van der Waals surface area contributed by atoms with Gasteiger partial charge in [0.25, 0.3) is 0 Å². The van der Waals surface area contributed by atoms with Crippen LogP contribution in [0.25, 0.3) is 0 Å². The Labute approximate surface area is 87.6 Å². The van der Waals surface area contributed by atoms with Crippen LogP contribution in [-0.4, -0.2) is 42.8 Å². The summed E-state index contributed by atoms with van der Waals surface area (Å²) in [5.41, 5.74) is 6.07. The lowest BCUT2D eigenvalue weighted by Gasteiger charge is -2.37. The van der Waals surface area contributed by atoms with Crippen LogP contribution < -0.4 is 5.73 Å². The highest BCUT2D eigenvalue weighted by Gasteiger charge is 2.26. The van der Waals surface area contributed by atoms with Crippen molar-refractivity contribution in [3.05, 3.63) is 0 Å². The Hall–Kier alpha value is -0.120. The largest absolute Gasteiger partial charge is 0.374 e. The van der Waals surface area contributed by atoms with Gasteiger partial charge in [-0.2, -0.15) is 0 Å². The molecule has 0 bridgehead atoms. The van der Waals surface area contributed by atoms with E-state index in [0.29, 0.717) is 6.04 Å². The molecule has 1 unspecified atom stereocenters. The standard InChI is InChI=1S/C11H24N2O/c1-4-5-10(12)11-8-13(9(2)3)6-7-14-11/h9-11H,4-8,12H2,1-3H3/t10-,11?/m0/s1. The summed E-state index contributed by atoms with van der Waals surface area (Å²) in [5.74, 6) is 0. The summed E-state index contributed by atoms with van der Waals surface area (Å²) in [7, 11) is 0. The van der Waals surface area contributed by atoms with Gasteiger partial charge in [-0.1, -0.05) is 13.3 Å². The van der Waals surface area contributed by atoms with Crippen molar-refractivity contribution in [1.82, 2.24) is 4.90 Å². The van der Waals surface area contributed by atoms with Crippen LogP contribution >= 0.6 is 0 Å². The smallest absolute Gasteiger partial charge is 0.0853 e. The molecule has 0 aromatic rings. The first-order chi connectivity index (χ1) is 6.65.